The number of hydrogen-bond donors (Lipinski definition) is 4. The zero-order chi connectivity index (χ0) is 26.0. The minimum atomic E-state index is -0.781. The number of H-pyrrole nitrogens is 1. The van der Waals surface area contributed by atoms with E-state index in [2.05, 4.69) is 34.4 Å². The molecule has 3 heterocycles. The first-order valence-corrected chi connectivity index (χ1v) is 12.3. The van der Waals surface area contributed by atoms with Crippen LogP contribution in [0.3, 0.4) is 0 Å². The third-order valence-electron chi connectivity index (χ3n) is 6.90. The van der Waals surface area contributed by atoms with E-state index in [1.54, 1.807) is 6.08 Å². The van der Waals surface area contributed by atoms with Crippen molar-refractivity contribution in [3.8, 4) is 0 Å². The van der Waals surface area contributed by atoms with E-state index in [0.29, 0.717) is 35.6 Å². The minimum Gasteiger partial charge on any atom is -0.387 e. The monoisotopic (exact) mass is 497 g/mol. The van der Waals surface area contributed by atoms with Crippen LogP contribution < -0.4 is 10.6 Å². The first kappa shape index (κ1) is 25.6. The fourth-order valence-corrected chi connectivity index (χ4v) is 4.81. The van der Waals surface area contributed by atoms with Crippen LogP contribution in [0.4, 0.5) is 15.8 Å². The van der Waals surface area contributed by atoms with Crippen molar-refractivity contribution in [1.82, 2.24) is 14.8 Å². The third-order valence-corrected chi connectivity index (χ3v) is 6.90. The maximum atomic E-state index is 14.6. The number of aromatic nitrogens is 1. The van der Waals surface area contributed by atoms with Crippen LogP contribution >= 0.6 is 0 Å². The molecule has 0 fully saturated rings. The molecule has 0 spiro atoms. The van der Waals surface area contributed by atoms with Crippen molar-refractivity contribution < 1.29 is 23.9 Å². The number of likely N-dealkylation sites (N-methyl/N-ethyl adjacent to an activating group) is 1. The predicted octanol–water partition coefficient (Wildman–Crippen LogP) is 2.62. The third kappa shape index (κ3) is 4.91. The molecule has 192 valence electrons. The lowest BCUT2D eigenvalue weighted by Gasteiger charge is -2.25. The van der Waals surface area contributed by atoms with Gasteiger partial charge < -0.3 is 30.5 Å². The molecule has 1 aromatic heterocycles. The molecule has 10 heteroatoms. The lowest BCUT2D eigenvalue weighted by Crippen LogP contribution is -2.38. The number of benzene rings is 1. The number of nitrogens with zero attached hydrogens (tertiary/aromatic N) is 2. The number of amides is 3. The van der Waals surface area contributed by atoms with Gasteiger partial charge in [0.2, 0.25) is 5.91 Å². The molecule has 2 aliphatic rings. The summed E-state index contributed by atoms with van der Waals surface area (Å²) >= 11 is 0. The Bertz CT molecular complexity index is 1230. The second-order valence-electron chi connectivity index (χ2n) is 9.04. The van der Waals surface area contributed by atoms with Crippen LogP contribution in [0.1, 0.15) is 53.1 Å². The second kappa shape index (κ2) is 10.6. The van der Waals surface area contributed by atoms with Crippen molar-refractivity contribution >= 4 is 40.7 Å². The normalized spacial score (nSPS) is 16.3. The van der Waals surface area contributed by atoms with Crippen LogP contribution in [0, 0.1) is 12.7 Å². The summed E-state index contributed by atoms with van der Waals surface area (Å²) in [5.74, 6) is -1.91. The summed E-state index contributed by atoms with van der Waals surface area (Å²) in [6.45, 7) is 9.33. The van der Waals surface area contributed by atoms with Crippen LogP contribution in [0.15, 0.2) is 12.1 Å². The van der Waals surface area contributed by atoms with Gasteiger partial charge in [-0.2, -0.15) is 0 Å². The average Bonchev–Trinajstić information content (AvgIpc) is 3.27. The fourth-order valence-electron chi connectivity index (χ4n) is 4.81. The fraction of sp³-hybridized carbons (Fsp3) is 0.423. The molecule has 0 saturated heterocycles. The van der Waals surface area contributed by atoms with E-state index in [1.807, 2.05) is 11.8 Å². The summed E-state index contributed by atoms with van der Waals surface area (Å²) in [5, 5.41) is 13.9. The number of carbonyl (C=O) groups is 3. The van der Waals surface area contributed by atoms with Crippen LogP contribution in [0.5, 0.6) is 0 Å². The maximum Gasteiger partial charge on any atom is 0.256 e. The van der Waals surface area contributed by atoms with E-state index in [1.165, 1.54) is 12.1 Å². The van der Waals surface area contributed by atoms with Gasteiger partial charge in [-0.05, 0) is 56.6 Å². The highest BCUT2D eigenvalue weighted by Crippen LogP contribution is 2.37. The van der Waals surface area contributed by atoms with E-state index in [4.69, 9.17) is 5.11 Å². The molecule has 0 radical (unpaired) electrons. The Hall–Kier alpha value is -3.50. The number of aliphatic hydroxyl groups excluding tert-OH is 1. The topological polar surface area (TPSA) is 118 Å². The van der Waals surface area contributed by atoms with Gasteiger partial charge in [0.15, 0.2) is 0 Å². The van der Waals surface area contributed by atoms with Crippen molar-refractivity contribution in [2.75, 3.05) is 50.0 Å². The first-order valence-electron chi connectivity index (χ1n) is 12.3. The van der Waals surface area contributed by atoms with Gasteiger partial charge in [0.25, 0.3) is 11.8 Å². The molecule has 0 bridgehead atoms. The van der Waals surface area contributed by atoms with E-state index in [-0.39, 0.29) is 17.2 Å². The number of hydrogen-bond acceptors (Lipinski definition) is 5. The van der Waals surface area contributed by atoms with Gasteiger partial charge >= 0.3 is 0 Å². The highest BCUT2D eigenvalue weighted by atomic mass is 19.1. The highest BCUT2D eigenvalue weighted by molar-refractivity contribution is 6.35. The molecule has 36 heavy (non-hydrogen) atoms. The first-order chi connectivity index (χ1) is 17.3. The molecule has 3 amide bonds. The molecule has 2 aromatic rings. The number of aryl methyl sites for hydroxylation is 1. The summed E-state index contributed by atoms with van der Waals surface area (Å²) in [6.07, 6.45) is 3.20. The maximum absolute atomic E-state index is 14.6. The summed E-state index contributed by atoms with van der Waals surface area (Å²) < 4.78 is 14.6. The van der Waals surface area contributed by atoms with Gasteiger partial charge in [-0.15, -0.1) is 0 Å². The second-order valence-corrected chi connectivity index (χ2v) is 9.04. The van der Waals surface area contributed by atoms with Crippen LogP contribution in [0.2, 0.25) is 0 Å². The zero-order valence-corrected chi connectivity index (χ0v) is 20.8. The molecule has 1 aromatic carbocycles. The molecule has 9 nitrogen and oxygen atoms in total. The number of aliphatic hydroxyl groups is 1. The Labute approximate surface area is 209 Å². The van der Waals surface area contributed by atoms with Crippen molar-refractivity contribution in [2.45, 2.75) is 33.6 Å². The quantitative estimate of drug-likeness (QED) is 0.418. The van der Waals surface area contributed by atoms with E-state index >= 15 is 0 Å². The number of carbonyl (C=O) groups excluding carboxylic acids is 3. The van der Waals surface area contributed by atoms with Crippen LogP contribution in [0.25, 0.3) is 11.6 Å². The summed E-state index contributed by atoms with van der Waals surface area (Å²) in [7, 11) is 0. The number of aromatic amines is 1. The Morgan fingerprint density at radius 1 is 1.28 bits per heavy atom. The smallest absolute Gasteiger partial charge is 0.256 e. The molecule has 0 unspecified atom stereocenters. The molecular formula is C26H32FN5O4. The van der Waals surface area contributed by atoms with E-state index in [0.717, 1.165) is 43.7 Å². The van der Waals surface area contributed by atoms with Gasteiger partial charge in [0.1, 0.15) is 12.4 Å². The molecule has 4 rings (SSSR count). The summed E-state index contributed by atoms with van der Waals surface area (Å²) in [6, 6.07) is 2.50. The number of rotatable bonds is 8. The standard InChI is InChI=1S/C26H32FN5O4/c1-4-31(5-2)9-10-32-8-6-7-19-24(26(32)36)15(3)20(28-19)12-17-16-11-18(27)22(29-23(34)14-33)13-21(16)30-25(17)35/h11-13,28,33H,4-10,14H2,1-3H3,(H,29,34)(H,30,35)/b17-12-. The van der Waals surface area contributed by atoms with Crippen LogP contribution in [-0.4, -0.2) is 76.9 Å². The van der Waals surface area contributed by atoms with Gasteiger partial charge in [0.05, 0.1) is 22.5 Å². The highest BCUT2D eigenvalue weighted by Gasteiger charge is 2.30. The average molecular weight is 498 g/mol. The van der Waals surface area contributed by atoms with Gasteiger partial charge in [-0.1, -0.05) is 13.8 Å². The molecule has 4 N–H and O–H groups in total. The summed E-state index contributed by atoms with van der Waals surface area (Å²) in [4.78, 5) is 45.2. The van der Waals surface area contributed by atoms with Crippen LogP contribution in [-0.2, 0) is 16.0 Å². The Morgan fingerprint density at radius 2 is 2.03 bits per heavy atom. The predicted molar refractivity (Wildman–Crippen MR) is 136 cm³/mol. The Kier molecular flexibility index (Phi) is 7.56. The zero-order valence-electron chi connectivity index (χ0n) is 20.8. The van der Waals surface area contributed by atoms with Crippen molar-refractivity contribution in [2.24, 2.45) is 0 Å². The number of nitrogens with one attached hydrogen (secondary N) is 3. The molecule has 2 aliphatic heterocycles. The number of halogens is 1. The van der Waals surface area contributed by atoms with Crippen molar-refractivity contribution in [3.05, 3.63) is 46.0 Å². The van der Waals surface area contributed by atoms with E-state index in [9.17, 15) is 18.8 Å². The largest absolute Gasteiger partial charge is 0.387 e. The number of fused-ring (bicyclic) bond motifs is 2. The molecule has 0 saturated carbocycles. The van der Waals surface area contributed by atoms with Crippen molar-refractivity contribution in [3.63, 3.8) is 0 Å². The number of anilines is 2. The lowest BCUT2D eigenvalue weighted by atomic mass is 10.0. The Morgan fingerprint density at radius 3 is 2.72 bits per heavy atom. The molecular weight excluding hydrogens is 465 g/mol. The Balaban J connectivity index is 1.64. The molecule has 0 aliphatic carbocycles. The van der Waals surface area contributed by atoms with Gasteiger partial charge in [-0.25, -0.2) is 4.39 Å². The van der Waals surface area contributed by atoms with Gasteiger partial charge in [-0.3, -0.25) is 14.4 Å². The SMILES string of the molecule is CCN(CC)CCN1CCCc2[nH]c(/C=C3\C(=O)Nc4cc(NC(=O)CO)c(F)cc43)c(C)c2C1=O. The molecule has 0 atom stereocenters. The van der Waals surface area contributed by atoms with Crippen molar-refractivity contribution in [1.29, 1.82) is 0 Å². The minimum absolute atomic E-state index is 0.0142. The van der Waals surface area contributed by atoms with Gasteiger partial charge in [0, 0.05) is 36.6 Å². The van der Waals surface area contributed by atoms with E-state index < -0.39 is 24.2 Å². The summed E-state index contributed by atoms with van der Waals surface area (Å²) in [5.41, 5.74) is 3.72. The lowest BCUT2D eigenvalue weighted by molar-refractivity contribution is -0.118.